The van der Waals surface area contributed by atoms with E-state index in [0.29, 0.717) is 41.7 Å². The molecule has 1 aromatic heterocycles. The summed E-state index contributed by atoms with van der Waals surface area (Å²) in [6.45, 7) is 0.974. The molecule has 0 radical (unpaired) electrons. The molecule has 0 unspecified atom stereocenters. The summed E-state index contributed by atoms with van der Waals surface area (Å²) in [6, 6.07) is 5.08. The number of fused-ring (bicyclic) bond motifs is 1. The maximum atomic E-state index is 12.3. The van der Waals surface area contributed by atoms with Crippen LogP contribution in [0.5, 0.6) is 11.5 Å². The maximum Gasteiger partial charge on any atom is 0.257 e. The lowest BCUT2D eigenvalue weighted by Gasteiger charge is -2.20. The highest BCUT2D eigenvalue weighted by Crippen LogP contribution is 2.38. The number of ether oxygens (including phenoxy) is 2. The normalized spacial score (nSPS) is 13.0. The quantitative estimate of drug-likeness (QED) is 0.705. The van der Waals surface area contributed by atoms with Crippen LogP contribution in [0.15, 0.2) is 25.8 Å². The number of nitrogens with two attached hydrogens (primary N) is 1. The van der Waals surface area contributed by atoms with Crippen molar-refractivity contribution in [3.8, 4) is 11.5 Å². The number of nitrogen functional groups attached to an aromatic ring is 1. The highest BCUT2D eigenvalue weighted by atomic mass is 79.9. The van der Waals surface area contributed by atoms with Crippen molar-refractivity contribution in [3.05, 3.63) is 31.3 Å². The molecule has 1 aromatic carbocycles. The number of anilines is 2. The molecule has 0 atom stereocenters. The van der Waals surface area contributed by atoms with Crippen LogP contribution >= 0.6 is 43.2 Å². The second-order valence-corrected chi connectivity index (χ2v) is 8.02. The summed E-state index contributed by atoms with van der Waals surface area (Å²) < 4.78 is 12.6. The van der Waals surface area contributed by atoms with Crippen LogP contribution in [0.3, 0.4) is 0 Å². The van der Waals surface area contributed by atoms with E-state index in [0.717, 1.165) is 7.57 Å². The lowest BCUT2D eigenvalue weighted by atomic mass is 10.2. The van der Waals surface area contributed by atoms with Gasteiger partial charge in [-0.3, -0.25) is 4.79 Å². The number of hydrogen-bond acceptors (Lipinski definition) is 5. The first-order valence-corrected chi connectivity index (χ1v) is 8.40. The summed E-state index contributed by atoms with van der Waals surface area (Å²) in [6.07, 6.45) is 0. The molecule has 1 amide bonds. The molecule has 1 aliphatic heterocycles. The van der Waals surface area contributed by atoms with Crippen molar-refractivity contribution in [3.63, 3.8) is 0 Å². The van der Waals surface area contributed by atoms with Gasteiger partial charge in [-0.05, 0) is 37.9 Å². The number of carbonyl (C=O) groups excluding carboxylic acids is 1. The van der Waals surface area contributed by atoms with E-state index in [1.807, 2.05) is 0 Å². The standard InChI is InChI=1S/C13H10Br2N2O3S/c14-11-3-6(12(15)21-11)13(18)17-8-5-10-9(4-7(8)16)19-1-2-20-10/h3-5H,1-2,16H2,(H,17,18). The molecule has 0 aliphatic carbocycles. The number of hydrogen-bond donors (Lipinski definition) is 2. The maximum absolute atomic E-state index is 12.3. The van der Waals surface area contributed by atoms with Crippen LogP contribution in [0.2, 0.25) is 0 Å². The molecule has 3 N–H and O–H groups in total. The smallest absolute Gasteiger partial charge is 0.257 e. The molecule has 0 saturated heterocycles. The fourth-order valence-corrected chi connectivity index (χ4v) is 4.69. The Morgan fingerprint density at radius 2 is 1.86 bits per heavy atom. The summed E-state index contributed by atoms with van der Waals surface area (Å²) >= 11 is 8.14. The third-order valence-corrected chi connectivity index (χ3v) is 5.20. The third kappa shape index (κ3) is 3.02. The minimum atomic E-state index is -0.243. The van der Waals surface area contributed by atoms with E-state index in [4.69, 9.17) is 15.2 Å². The van der Waals surface area contributed by atoms with Gasteiger partial charge < -0.3 is 20.5 Å². The fourth-order valence-electron chi connectivity index (χ4n) is 1.90. The zero-order valence-corrected chi connectivity index (χ0v) is 14.6. The van der Waals surface area contributed by atoms with Crippen molar-refractivity contribution in [1.82, 2.24) is 0 Å². The predicted octanol–water partition coefficient (Wildman–Crippen LogP) is 3.88. The van der Waals surface area contributed by atoms with Gasteiger partial charge in [0.05, 0.1) is 24.5 Å². The highest BCUT2D eigenvalue weighted by Gasteiger charge is 2.18. The average molecular weight is 434 g/mol. The zero-order valence-electron chi connectivity index (χ0n) is 10.6. The van der Waals surface area contributed by atoms with Gasteiger partial charge in [-0.25, -0.2) is 0 Å². The molecule has 8 heteroatoms. The molecule has 110 valence electrons. The molecule has 21 heavy (non-hydrogen) atoms. The number of benzene rings is 1. The Hall–Kier alpha value is -1.25. The Bertz CT molecular complexity index is 718. The molecule has 2 aromatic rings. The fraction of sp³-hybridized carbons (Fsp3) is 0.154. The molecule has 0 bridgehead atoms. The summed E-state index contributed by atoms with van der Waals surface area (Å²) in [5.41, 5.74) is 7.42. The van der Waals surface area contributed by atoms with Gasteiger partial charge >= 0.3 is 0 Å². The van der Waals surface area contributed by atoms with E-state index < -0.39 is 0 Å². The molecule has 0 saturated carbocycles. The first-order valence-electron chi connectivity index (χ1n) is 6.00. The van der Waals surface area contributed by atoms with Crippen LogP contribution in [0.1, 0.15) is 10.4 Å². The lowest BCUT2D eigenvalue weighted by Crippen LogP contribution is -2.17. The van der Waals surface area contributed by atoms with Crippen molar-refractivity contribution in [1.29, 1.82) is 0 Å². The molecule has 1 aliphatic rings. The number of amides is 1. The number of carbonyl (C=O) groups is 1. The highest BCUT2D eigenvalue weighted by molar-refractivity contribution is 9.12. The van der Waals surface area contributed by atoms with Crippen molar-refractivity contribution < 1.29 is 14.3 Å². The van der Waals surface area contributed by atoms with E-state index in [1.54, 1.807) is 18.2 Å². The Morgan fingerprint density at radius 3 is 2.48 bits per heavy atom. The van der Waals surface area contributed by atoms with Gasteiger partial charge in [-0.1, -0.05) is 0 Å². The second-order valence-electron chi connectivity index (χ2n) is 4.28. The lowest BCUT2D eigenvalue weighted by molar-refractivity contribution is 0.102. The summed E-state index contributed by atoms with van der Waals surface area (Å²) in [7, 11) is 0. The molecule has 2 heterocycles. The summed E-state index contributed by atoms with van der Waals surface area (Å²) in [5.74, 6) is 0.930. The van der Waals surface area contributed by atoms with Gasteiger partial charge in [0, 0.05) is 12.1 Å². The molecule has 3 rings (SSSR count). The van der Waals surface area contributed by atoms with E-state index >= 15 is 0 Å². The monoisotopic (exact) mass is 432 g/mol. The largest absolute Gasteiger partial charge is 0.486 e. The van der Waals surface area contributed by atoms with Crippen molar-refractivity contribution >= 4 is 60.5 Å². The van der Waals surface area contributed by atoms with Crippen molar-refractivity contribution in [2.24, 2.45) is 0 Å². The van der Waals surface area contributed by atoms with Crippen molar-refractivity contribution in [2.75, 3.05) is 24.3 Å². The SMILES string of the molecule is Nc1cc2c(cc1NC(=O)c1cc(Br)sc1Br)OCCO2. The number of rotatable bonds is 2. The van der Waals surface area contributed by atoms with Gasteiger partial charge in [-0.2, -0.15) is 0 Å². The second kappa shape index (κ2) is 5.86. The van der Waals surface area contributed by atoms with Crippen LogP contribution in [-0.4, -0.2) is 19.1 Å². The average Bonchev–Trinajstić information content (AvgIpc) is 2.78. The Morgan fingerprint density at radius 1 is 1.19 bits per heavy atom. The summed E-state index contributed by atoms with van der Waals surface area (Å²) in [5, 5.41) is 2.79. The van der Waals surface area contributed by atoms with E-state index in [-0.39, 0.29) is 5.91 Å². The van der Waals surface area contributed by atoms with Crippen LogP contribution in [0.25, 0.3) is 0 Å². The van der Waals surface area contributed by atoms with Crippen LogP contribution < -0.4 is 20.5 Å². The molecule has 0 fully saturated rings. The van der Waals surface area contributed by atoms with Gasteiger partial charge in [0.25, 0.3) is 5.91 Å². The van der Waals surface area contributed by atoms with Crippen LogP contribution in [-0.2, 0) is 0 Å². The van der Waals surface area contributed by atoms with E-state index in [2.05, 4.69) is 37.2 Å². The minimum absolute atomic E-state index is 0.243. The topological polar surface area (TPSA) is 73.6 Å². The van der Waals surface area contributed by atoms with Gasteiger partial charge in [0.2, 0.25) is 0 Å². The number of nitrogens with one attached hydrogen (secondary N) is 1. The number of thiophene rings is 1. The van der Waals surface area contributed by atoms with Crippen LogP contribution in [0, 0.1) is 0 Å². The van der Waals surface area contributed by atoms with Crippen molar-refractivity contribution in [2.45, 2.75) is 0 Å². The molecular formula is C13H10Br2N2O3S. The first kappa shape index (κ1) is 14.7. The van der Waals surface area contributed by atoms with E-state index in [1.165, 1.54) is 11.3 Å². The Kier molecular flexibility index (Phi) is 4.10. The zero-order chi connectivity index (χ0) is 15.0. The molecular weight excluding hydrogens is 424 g/mol. The van der Waals surface area contributed by atoms with E-state index in [9.17, 15) is 4.79 Å². The minimum Gasteiger partial charge on any atom is -0.486 e. The van der Waals surface area contributed by atoms with Gasteiger partial charge in [-0.15, -0.1) is 11.3 Å². The first-order chi connectivity index (χ1) is 10.0. The summed E-state index contributed by atoms with van der Waals surface area (Å²) in [4.78, 5) is 12.3. The Labute approximate surface area is 141 Å². The number of halogens is 2. The Balaban J connectivity index is 1.87. The predicted molar refractivity (Wildman–Crippen MR) is 89.5 cm³/mol. The van der Waals surface area contributed by atoms with Gasteiger partial charge in [0.1, 0.15) is 13.2 Å². The molecule has 5 nitrogen and oxygen atoms in total. The third-order valence-electron chi connectivity index (χ3n) is 2.86. The van der Waals surface area contributed by atoms with Crippen LogP contribution in [0.4, 0.5) is 11.4 Å². The molecule has 0 spiro atoms. The van der Waals surface area contributed by atoms with Gasteiger partial charge in [0.15, 0.2) is 11.5 Å².